The molecule has 0 spiro atoms. The van der Waals surface area contributed by atoms with Gasteiger partial charge in [-0.25, -0.2) is 4.79 Å². The van der Waals surface area contributed by atoms with Crippen molar-refractivity contribution in [2.75, 3.05) is 13.1 Å². The highest BCUT2D eigenvalue weighted by atomic mass is 16.4. The van der Waals surface area contributed by atoms with E-state index < -0.39 is 24.0 Å². The van der Waals surface area contributed by atoms with Crippen LogP contribution in [0.3, 0.4) is 0 Å². The Hall–Kier alpha value is -3.26. The first kappa shape index (κ1) is 27.3. The van der Waals surface area contributed by atoms with E-state index in [0.717, 1.165) is 42.9 Å². The van der Waals surface area contributed by atoms with Gasteiger partial charge in [0.05, 0.1) is 0 Å². The fraction of sp³-hybridized carbons (Fsp3) is 0.500. The average Bonchev–Trinajstić information content (AvgIpc) is 2.87. The predicted molar refractivity (Wildman–Crippen MR) is 139 cm³/mol. The molecule has 1 aliphatic heterocycles. The summed E-state index contributed by atoms with van der Waals surface area (Å²) in [4.78, 5) is 42.3. The maximum absolute atomic E-state index is 13.0. The van der Waals surface area contributed by atoms with E-state index in [1.807, 2.05) is 56.3 Å². The highest BCUT2D eigenvalue weighted by Crippen LogP contribution is 2.23. The zero-order valence-corrected chi connectivity index (χ0v) is 21.2. The van der Waals surface area contributed by atoms with Crippen LogP contribution in [0.4, 0.5) is 0 Å². The third-order valence-electron chi connectivity index (χ3n) is 6.45. The van der Waals surface area contributed by atoms with Gasteiger partial charge in [0.2, 0.25) is 11.8 Å². The number of aryl methyl sites for hydroxylation is 1. The van der Waals surface area contributed by atoms with Crippen LogP contribution in [0, 0.1) is 5.92 Å². The molecule has 1 aliphatic rings. The number of aliphatic carboxylic acids is 1. The molecular formula is C28H38N4O4. The molecular weight excluding hydrogens is 456 g/mol. The molecule has 0 saturated carbocycles. The van der Waals surface area contributed by atoms with Gasteiger partial charge in [-0.15, -0.1) is 0 Å². The average molecular weight is 495 g/mol. The molecule has 2 amide bonds. The summed E-state index contributed by atoms with van der Waals surface area (Å²) in [5, 5.41) is 18.5. The smallest absolute Gasteiger partial charge is 0.326 e. The Morgan fingerprint density at radius 3 is 2.39 bits per heavy atom. The highest BCUT2D eigenvalue weighted by Gasteiger charge is 2.27. The fourth-order valence-corrected chi connectivity index (χ4v) is 4.52. The van der Waals surface area contributed by atoms with Crippen LogP contribution in [0.5, 0.6) is 0 Å². The zero-order valence-electron chi connectivity index (χ0n) is 21.2. The van der Waals surface area contributed by atoms with Gasteiger partial charge in [-0.1, -0.05) is 50.2 Å². The van der Waals surface area contributed by atoms with Crippen LogP contribution in [-0.2, 0) is 27.2 Å². The molecule has 1 saturated heterocycles. The first-order chi connectivity index (χ1) is 17.3. The Labute approximate surface area is 213 Å². The summed E-state index contributed by atoms with van der Waals surface area (Å²) in [6, 6.07) is 13.2. The summed E-state index contributed by atoms with van der Waals surface area (Å²) in [5.41, 5.74) is 2.75. The molecule has 1 fully saturated rings. The van der Waals surface area contributed by atoms with Gasteiger partial charge in [0.15, 0.2) is 0 Å². The van der Waals surface area contributed by atoms with Crippen LogP contribution in [-0.4, -0.2) is 53.0 Å². The van der Waals surface area contributed by atoms with E-state index in [2.05, 4.69) is 22.0 Å². The van der Waals surface area contributed by atoms with Gasteiger partial charge in [-0.2, -0.15) is 0 Å². The summed E-state index contributed by atoms with van der Waals surface area (Å²) in [5.74, 6) is -1.26. The topological polar surface area (TPSA) is 120 Å². The van der Waals surface area contributed by atoms with Crippen molar-refractivity contribution in [2.24, 2.45) is 5.92 Å². The van der Waals surface area contributed by atoms with Crippen LogP contribution in [0.25, 0.3) is 0 Å². The Morgan fingerprint density at radius 1 is 1.00 bits per heavy atom. The van der Waals surface area contributed by atoms with Gasteiger partial charge in [-0.05, 0) is 62.4 Å². The predicted octanol–water partition coefficient (Wildman–Crippen LogP) is 2.82. The number of nitrogens with one attached hydrogen (secondary N) is 3. The van der Waals surface area contributed by atoms with Gasteiger partial charge < -0.3 is 21.1 Å². The number of carbonyl (C=O) groups excluding carboxylic acids is 2. The molecule has 194 valence electrons. The molecule has 4 N–H and O–H groups in total. The maximum atomic E-state index is 13.0. The SMILES string of the molecule is CC(C)C[C@H](NC(=O)CCc1cccc(C2CCNCC2)n1)C(=O)N[C@@H](Cc1ccccc1)C(=O)O. The van der Waals surface area contributed by atoms with Crippen LogP contribution >= 0.6 is 0 Å². The molecule has 0 radical (unpaired) electrons. The van der Waals surface area contributed by atoms with Crippen molar-refractivity contribution in [3.8, 4) is 0 Å². The molecule has 0 bridgehead atoms. The minimum absolute atomic E-state index is 0.141. The van der Waals surface area contributed by atoms with E-state index in [1.54, 1.807) is 0 Å². The zero-order chi connectivity index (χ0) is 25.9. The van der Waals surface area contributed by atoms with Gasteiger partial charge in [-0.3, -0.25) is 14.6 Å². The first-order valence-electron chi connectivity index (χ1n) is 12.8. The lowest BCUT2D eigenvalue weighted by Crippen LogP contribution is -2.52. The standard InChI is InChI=1S/C28H38N4O4/c1-19(2)17-24(27(34)32-25(28(35)36)18-20-7-4-3-5-8-20)31-26(33)12-11-22-9-6-10-23(30-22)21-13-15-29-16-14-21/h3-10,19,21,24-25,29H,11-18H2,1-2H3,(H,31,33)(H,32,34)(H,35,36)/t24-,25-/m0/s1. The third-order valence-corrected chi connectivity index (χ3v) is 6.45. The van der Waals surface area contributed by atoms with Crippen LogP contribution in [0.15, 0.2) is 48.5 Å². The number of hydrogen-bond donors (Lipinski definition) is 4. The van der Waals surface area contributed by atoms with Crippen molar-refractivity contribution in [2.45, 2.75) is 70.4 Å². The largest absolute Gasteiger partial charge is 0.480 e. The molecule has 36 heavy (non-hydrogen) atoms. The third kappa shape index (κ3) is 8.75. The number of rotatable bonds is 12. The molecule has 3 rings (SSSR count). The second kappa shape index (κ2) is 13.7. The maximum Gasteiger partial charge on any atom is 0.326 e. The van der Waals surface area contributed by atoms with Gasteiger partial charge in [0, 0.05) is 30.1 Å². The lowest BCUT2D eigenvalue weighted by molar-refractivity contribution is -0.142. The van der Waals surface area contributed by atoms with Gasteiger partial charge in [0.25, 0.3) is 0 Å². The Balaban J connectivity index is 1.57. The van der Waals surface area contributed by atoms with E-state index >= 15 is 0 Å². The van der Waals surface area contributed by atoms with Crippen molar-refractivity contribution in [3.05, 3.63) is 65.5 Å². The van der Waals surface area contributed by atoms with Gasteiger partial charge in [0.1, 0.15) is 12.1 Å². The van der Waals surface area contributed by atoms with Crippen LogP contribution < -0.4 is 16.0 Å². The van der Waals surface area contributed by atoms with Crippen LogP contribution in [0.1, 0.15) is 62.4 Å². The second-order valence-corrected chi connectivity index (χ2v) is 9.92. The summed E-state index contributed by atoms with van der Waals surface area (Å²) >= 11 is 0. The van der Waals surface area contributed by atoms with Crippen molar-refractivity contribution < 1.29 is 19.5 Å². The van der Waals surface area contributed by atoms with Crippen molar-refractivity contribution in [1.29, 1.82) is 0 Å². The molecule has 8 nitrogen and oxygen atoms in total. The second-order valence-electron chi connectivity index (χ2n) is 9.92. The number of aromatic nitrogens is 1. The minimum Gasteiger partial charge on any atom is -0.480 e. The Kier molecular flexibility index (Phi) is 10.4. The fourth-order valence-electron chi connectivity index (χ4n) is 4.52. The monoisotopic (exact) mass is 494 g/mol. The van der Waals surface area contributed by atoms with E-state index in [1.165, 1.54) is 0 Å². The number of carboxylic acid groups (broad SMARTS) is 1. The summed E-state index contributed by atoms with van der Waals surface area (Å²) in [6.07, 6.45) is 3.39. The van der Waals surface area contributed by atoms with E-state index in [0.29, 0.717) is 18.8 Å². The van der Waals surface area contributed by atoms with Crippen molar-refractivity contribution in [1.82, 2.24) is 20.9 Å². The molecule has 2 heterocycles. The number of amides is 2. The Bertz CT molecular complexity index is 1010. The number of nitrogens with zero attached hydrogens (tertiary/aromatic N) is 1. The number of pyridine rings is 1. The van der Waals surface area contributed by atoms with E-state index in [-0.39, 0.29) is 24.7 Å². The molecule has 1 aromatic carbocycles. The molecule has 1 aromatic heterocycles. The molecule has 0 aliphatic carbocycles. The summed E-state index contributed by atoms with van der Waals surface area (Å²) in [7, 11) is 0. The number of piperidine rings is 1. The number of benzene rings is 1. The molecule has 2 aromatic rings. The lowest BCUT2D eigenvalue weighted by Gasteiger charge is -2.23. The number of carbonyl (C=O) groups is 3. The number of carboxylic acids is 1. The van der Waals surface area contributed by atoms with Crippen molar-refractivity contribution in [3.63, 3.8) is 0 Å². The first-order valence-corrected chi connectivity index (χ1v) is 12.8. The quantitative estimate of drug-likeness (QED) is 0.360. The minimum atomic E-state index is -1.11. The van der Waals surface area contributed by atoms with E-state index in [9.17, 15) is 19.5 Å². The molecule has 2 atom stereocenters. The van der Waals surface area contributed by atoms with Crippen LogP contribution in [0.2, 0.25) is 0 Å². The molecule has 0 unspecified atom stereocenters. The Morgan fingerprint density at radius 2 is 1.72 bits per heavy atom. The normalized spacial score (nSPS) is 15.8. The van der Waals surface area contributed by atoms with E-state index in [4.69, 9.17) is 4.98 Å². The van der Waals surface area contributed by atoms with Crippen molar-refractivity contribution >= 4 is 17.8 Å². The molecule has 8 heteroatoms. The summed E-state index contributed by atoms with van der Waals surface area (Å²) in [6.45, 7) is 5.90. The summed E-state index contributed by atoms with van der Waals surface area (Å²) < 4.78 is 0. The lowest BCUT2D eigenvalue weighted by atomic mass is 9.94. The van der Waals surface area contributed by atoms with Gasteiger partial charge >= 0.3 is 5.97 Å². The number of hydrogen-bond acceptors (Lipinski definition) is 5. The highest BCUT2D eigenvalue weighted by molar-refractivity contribution is 5.90.